The molecule has 2 aromatic carbocycles. The third kappa shape index (κ3) is 3.75. The summed E-state index contributed by atoms with van der Waals surface area (Å²) < 4.78 is 5.22. The molecule has 0 aromatic heterocycles. The largest absolute Gasteiger partial charge is 0.497 e. The molecular formula is C23H25N3O4. The van der Waals surface area contributed by atoms with Gasteiger partial charge in [-0.2, -0.15) is 0 Å². The highest BCUT2D eigenvalue weighted by molar-refractivity contribution is 6.09. The van der Waals surface area contributed by atoms with Crippen molar-refractivity contribution in [1.29, 1.82) is 0 Å². The van der Waals surface area contributed by atoms with E-state index in [1.54, 1.807) is 14.0 Å². The standard InChI is InChI=1S/C23H25N3O4/c1-23(17-10-11-17)21(28)26(22(29)25-23)14-19(27)24-20(15-6-4-3-5-7-15)16-8-12-18(30-2)13-9-16/h3-9,12-13,17,20H,10-11,14H2,1-2H3,(H,24,27)(H,25,29)/t20-,23-/m0/s1. The minimum Gasteiger partial charge on any atom is -0.497 e. The van der Waals surface area contributed by atoms with Crippen LogP contribution < -0.4 is 15.4 Å². The fourth-order valence-electron chi connectivity index (χ4n) is 3.95. The number of nitrogens with one attached hydrogen (secondary N) is 2. The molecule has 156 valence electrons. The van der Waals surface area contributed by atoms with Crippen LogP contribution in [0.25, 0.3) is 0 Å². The van der Waals surface area contributed by atoms with Gasteiger partial charge in [-0.05, 0) is 48.9 Å². The van der Waals surface area contributed by atoms with Crippen LogP contribution in [0.2, 0.25) is 0 Å². The van der Waals surface area contributed by atoms with Crippen LogP contribution in [0, 0.1) is 5.92 Å². The van der Waals surface area contributed by atoms with Crippen LogP contribution in [-0.4, -0.2) is 41.9 Å². The molecule has 0 unspecified atom stereocenters. The number of hydrogen-bond donors (Lipinski definition) is 2. The number of carbonyl (C=O) groups excluding carboxylic acids is 3. The Morgan fingerprint density at radius 3 is 2.37 bits per heavy atom. The van der Waals surface area contributed by atoms with Crippen molar-refractivity contribution in [2.24, 2.45) is 5.92 Å². The molecule has 2 aliphatic rings. The van der Waals surface area contributed by atoms with E-state index in [0.717, 1.165) is 34.6 Å². The molecule has 0 radical (unpaired) electrons. The second-order valence-electron chi connectivity index (χ2n) is 7.98. The van der Waals surface area contributed by atoms with Crippen molar-refractivity contribution in [1.82, 2.24) is 15.5 Å². The van der Waals surface area contributed by atoms with Crippen LogP contribution in [0.4, 0.5) is 4.79 Å². The first kappa shape index (κ1) is 19.9. The second kappa shape index (κ2) is 7.82. The number of hydrogen-bond acceptors (Lipinski definition) is 4. The lowest BCUT2D eigenvalue weighted by Crippen LogP contribution is -2.47. The Hall–Kier alpha value is -3.35. The van der Waals surface area contributed by atoms with Crippen LogP contribution in [0.15, 0.2) is 54.6 Å². The quantitative estimate of drug-likeness (QED) is 0.691. The number of methoxy groups -OCH3 is 1. The van der Waals surface area contributed by atoms with E-state index in [1.165, 1.54) is 0 Å². The first-order chi connectivity index (χ1) is 14.4. The Morgan fingerprint density at radius 2 is 1.77 bits per heavy atom. The van der Waals surface area contributed by atoms with Crippen molar-refractivity contribution in [3.63, 3.8) is 0 Å². The van der Waals surface area contributed by atoms with Crippen LogP contribution in [-0.2, 0) is 9.59 Å². The first-order valence-electron chi connectivity index (χ1n) is 10.0. The first-order valence-corrected chi connectivity index (χ1v) is 10.0. The van der Waals surface area contributed by atoms with Crippen LogP contribution >= 0.6 is 0 Å². The number of rotatable bonds is 7. The van der Waals surface area contributed by atoms with Crippen molar-refractivity contribution in [2.75, 3.05) is 13.7 Å². The van der Waals surface area contributed by atoms with E-state index in [-0.39, 0.29) is 18.4 Å². The topological polar surface area (TPSA) is 87.7 Å². The van der Waals surface area contributed by atoms with E-state index < -0.39 is 23.5 Å². The smallest absolute Gasteiger partial charge is 0.325 e. The third-order valence-electron chi connectivity index (χ3n) is 5.88. The summed E-state index contributed by atoms with van der Waals surface area (Å²) in [7, 11) is 1.60. The van der Waals surface area contributed by atoms with E-state index in [2.05, 4.69) is 10.6 Å². The monoisotopic (exact) mass is 407 g/mol. The number of ether oxygens (including phenoxy) is 1. The highest BCUT2D eigenvalue weighted by Crippen LogP contribution is 2.42. The lowest BCUT2D eigenvalue weighted by atomic mass is 9.96. The lowest BCUT2D eigenvalue weighted by Gasteiger charge is -2.23. The zero-order valence-corrected chi connectivity index (χ0v) is 17.1. The van der Waals surface area contributed by atoms with Gasteiger partial charge >= 0.3 is 6.03 Å². The lowest BCUT2D eigenvalue weighted by molar-refractivity contribution is -0.135. The van der Waals surface area contributed by atoms with Crippen LogP contribution in [0.3, 0.4) is 0 Å². The van der Waals surface area contributed by atoms with Gasteiger partial charge in [-0.3, -0.25) is 14.5 Å². The molecule has 1 aliphatic heterocycles. The molecule has 1 aliphatic carbocycles. The Kier molecular flexibility index (Phi) is 5.20. The maximum atomic E-state index is 12.9. The van der Waals surface area contributed by atoms with Gasteiger partial charge in [0.25, 0.3) is 5.91 Å². The Balaban J connectivity index is 1.52. The molecule has 1 saturated carbocycles. The number of urea groups is 1. The second-order valence-corrected chi connectivity index (χ2v) is 7.98. The van der Waals surface area contributed by atoms with Gasteiger partial charge in [-0.1, -0.05) is 42.5 Å². The molecule has 4 amide bonds. The van der Waals surface area contributed by atoms with E-state index in [9.17, 15) is 14.4 Å². The molecular weight excluding hydrogens is 382 g/mol. The maximum absolute atomic E-state index is 12.9. The summed E-state index contributed by atoms with van der Waals surface area (Å²) in [5.74, 6) is 0.142. The van der Waals surface area contributed by atoms with Crippen molar-refractivity contribution in [2.45, 2.75) is 31.3 Å². The summed E-state index contributed by atoms with van der Waals surface area (Å²) in [6.07, 6.45) is 1.83. The highest BCUT2D eigenvalue weighted by atomic mass is 16.5. The van der Waals surface area contributed by atoms with Crippen LogP contribution in [0.5, 0.6) is 5.75 Å². The predicted octanol–water partition coefficient (Wildman–Crippen LogP) is 2.62. The molecule has 2 atom stereocenters. The molecule has 4 rings (SSSR count). The average Bonchev–Trinajstić information content (AvgIpc) is 3.59. The summed E-state index contributed by atoms with van der Waals surface area (Å²) in [4.78, 5) is 39.0. The van der Waals surface area contributed by atoms with Gasteiger partial charge < -0.3 is 15.4 Å². The van der Waals surface area contributed by atoms with Gasteiger partial charge in [0.15, 0.2) is 0 Å². The molecule has 7 heteroatoms. The van der Waals surface area contributed by atoms with E-state index in [0.29, 0.717) is 0 Å². The van der Waals surface area contributed by atoms with Crippen molar-refractivity contribution in [3.05, 3.63) is 65.7 Å². The molecule has 2 aromatic rings. The zero-order valence-electron chi connectivity index (χ0n) is 17.1. The zero-order chi connectivity index (χ0) is 21.3. The third-order valence-corrected chi connectivity index (χ3v) is 5.88. The van der Waals surface area contributed by atoms with Gasteiger partial charge in [-0.15, -0.1) is 0 Å². The Labute approximate surface area is 175 Å². The molecule has 30 heavy (non-hydrogen) atoms. The molecule has 1 heterocycles. The Morgan fingerprint density at radius 1 is 1.13 bits per heavy atom. The van der Waals surface area contributed by atoms with E-state index in [4.69, 9.17) is 4.74 Å². The number of benzene rings is 2. The Bertz CT molecular complexity index is 956. The number of amides is 4. The van der Waals surface area contributed by atoms with Crippen molar-refractivity contribution < 1.29 is 19.1 Å². The van der Waals surface area contributed by atoms with Crippen LogP contribution in [0.1, 0.15) is 36.9 Å². The molecule has 2 fully saturated rings. The summed E-state index contributed by atoms with van der Waals surface area (Å²) in [5.41, 5.74) is 0.873. The summed E-state index contributed by atoms with van der Waals surface area (Å²) in [6.45, 7) is 1.43. The number of imide groups is 1. The molecule has 2 N–H and O–H groups in total. The van der Waals surface area contributed by atoms with Crippen molar-refractivity contribution >= 4 is 17.8 Å². The minimum atomic E-state index is -0.897. The summed E-state index contributed by atoms with van der Waals surface area (Å²) in [5, 5.41) is 5.74. The molecule has 0 bridgehead atoms. The van der Waals surface area contributed by atoms with Gasteiger partial charge in [-0.25, -0.2) is 4.79 Å². The van der Waals surface area contributed by atoms with E-state index in [1.807, 2.05) is 54.6 Å². The van der Waals surface area contributed by atoms with Gasteiger partial charge in [0, 0.05) is 0 Å². The predicted molar refractivity (Wildman–Crippen MR) is 111 cm³/mol. The number of nitrogens with zero attached hydrogens (tertiary/aromatic N) is 1. The van der Waals surface area contributed by atoms with Gasteiger partial charge in [0.2, 0.25) is 5.91 Å². The average molecular weight is 407 g/mol. The number of carbonyl (C=O) groups is 3. The molecule has 0 spiro atoms. The van der Waals surface area contributed by atoms with Gasteiger partial charge in [0.05, 0.1) is 13.2 Å². The SMILES string of the molecule is COc1ccc([C@@H](NC(=O)CN2C(=O)N[C@@](C)(C3CC3)C2=O)c2ccccc2)cc1. The fourth-order valence-corrected chi connectivity index (χ4v) is 3.95. The minimum absolute atomic E-state index is 0.151. The van der Waals surface area contributed by atoms with Crippen molar-refractivity contribution in [3.8, 4) is 5.75 Å². The highest BCUT2D eigenvalue weighted by Gasteiger charge is 2.56. The maximum Gasteiger partial charge on any atom is 0.325 e. The molecule has 7 nitrogen and oxygen atoms in total. The summed E-state index contributed by atoms with van der Waals surface area (Å²) in [6, 6.07) is 16.1. The fraction of sp³-hybridized carbons (Fsp3) is 0.348. The van der Waals surface area contributed by atoms with Gasteiger partial charge in [0.1, 0.15) is 17.8 Å². The normalized spacial score (nSPS) is 21.9. The summed E-state index contributed by atoms with van der Waals surface area (Å²) >= 11 is 0. The van der Waals surface area contributed by atoms with E-state index >= 15 is 0 Å². The molecule has 1 saturated heterocycles.